The van der Waals surface area contributed by atoms with Crippen molar-refractivity contribution in [1.82, 2.24) is 0 Å². The molecular weight excluding hydrogens is 465 g/mol. The first-order valence-corrected chi connectivity index (χ1v) is 15.3. The van der Waals surface area contributed by atoms with Crippen molar-refractivity contribution in [3.63, 3.8) is 0 Å². The van der Waals surface area contributed by atoms with Crippen molar-refractivity contribution in [2.45, 2.75) is 56.3 Å². The van der Waals surface area contributed by atoms with Crippen LogP contribution in [0.1, 0.15) is 43.9 Å². The molecule has 0 heterocycles. The molecular formula is C30H34NO2PSi. The first-order chi connectivity index (χ1) is 16.5. The summed E-state index contributed by atoms with van der Waals surface area (Å²) in [6, 6.07) is 32.0. The second kappa shape index (κ2) is 10.4. The van der Waals surface area contributed by atoms with Crippen LogP contribution in [-0.2, 0) is 20.2 Å². The van der Waals surface area contributed by atoms with Crippen LogP contribution in [0.25, 0.3) is 0 Å². The first kappa shape index (κ1) is 26.8. The van der Waals surface area contributed by atoms with Crippen molar-refractivity contribution in [3.8, 4) is 6.07 Å². The molecule has 3 nitrogen and oxygen atoms in total. The summed E-state index contributed by atoms with van der Waals surface area (Å²) in [6.45, 7) is 10.9. The van der Waals surface area contributed by atoms with Gasteiger partial charge in [-0.1, -0.05) is 112 Å². The Bertz CT molecular complexity index is 1160. The summed E-state index contributed by atoms with van der Waals surface area (Å²) in [4.78, 5) is 13.3. The van der Waals surface area contributed by atoms with Gasteiger partial charge < -0.3 is 4.43 Å². The molecule has 0 radical (unpaired) electrons. The fraction of sp³-hybridized carbons (Fsp3) is 0.300. The average Bonchev–Trinajstić information content (AvgIpc) is 2.85. The van der Waals surface area contributed by atoms with Gasteiger partial charge in [-0.25, -0.2) is 0 Å². The van der Waals surface area contributed by atoms with Crippen molar-refractivity contribution in [2.24, 2.45) is 0 Å². The van der Waals surface area contributed by atoms with E-state index in [4.69, 9.17) is 4.43 Å². The third-order valence-corrected chi connectivity index (χ3v) is 12.0. The van der Waals surface area contributed by atoms with E-state index in [0.29, 0.717) is 0 Å². The second-order valence-electron chi connectivity index (χ2n) is 10.4. The minimum atomic E-state index is -2.53. The van der Waals surface area contributed by atoms with Gasteiger partial charge in [0.2, 0.25) is 0 Å². The van der Waals surface area contributed by atoms with Crippen LogP contribution in [0.5, 0.6) is 0 Å². The van der Waals surface area contributed by atoms with Crippen molar-refractivity contribution in [1.29, 1.82) is 5.26 Å². The van der Waals surface area contributed by atoms with E-state index >= 15 is 0 Å². The zero-order valence-electron chi connectivity index (χ0n) is 21.2. The molecule has 180 valence electrons. The Morgan fingerprint density at radius 2 is 1.26 bits per heavy atom. The number of carbonyl (C=O) groups is 1. The summed E-state index contributed by atoms with van der Waals surface area (Å²) in [5.74, 6) is 1.25. The molecule has 0 aliphatic carbocycles. The molecule has 0 bridgehead atoms. The number of nitriles is 1. The second-order valence-corrected chi connectivity index (χ2v) is 15.5. The number of nitrogens with zero attached hydrogens (tertiary/aromatic N) is 1. The number of benzene rings is 3. The molecule has 0 aliphatic rings. The van der Waals surface area contributed by atoms with Gasteiger partial charge in [-0.3, -0.25) is 4.79 Å². The van der Waals surface area contributed by atoms with Gasteiger partial charge >= 0.3 is 0 Å². The van der Waals surface area contributed by atoms with E-state index in [1.165, 1.54) is 5.80 Å². The maximum Gasteiger partial charge on any atom is 0.193 e. The summed E-state index contributed by atoms with van der Waals surface area (Å²) in [5.41, 5.74) is -0.191. The van der Waals surface area contributed by atoms with Gasteiger partial charge in [0.25, 0.3) is 0 Å². The molecule has 5 heteroatoms. The summed E-state index contributed by atoms with van der Waals surface area (Å²) in [5, 5.41) is 11.1. The van der Waals surface area contributed by atoms with Gasteiger partial charge in [0.15, 0.2) is 14.1 Å². The third kappa shape index (κ3) is 4.95. The van der Waals surface area contributed by atoms with E-state index in [1.54, 1.807) is 0 Å². The van der Waals surface area contributed by atoms with Crippen molar-refractivity contribution >= 4 is 28.8 Å². The number of Topliss-reactive ketones (excluding diaryl/α,β-unsaturated/α-hetero) is 1. The topological polar surface area (TPSA) is 50.1 Å². The SMILES string of the molecule is CC(C)(C)[Si](C)(C)O[C@@](CC(=O)C=P)(c1ccccc1)C(C#N)(c1ccccc1)c1ccccc1. The Kier molecular flexibility index (Phi) is 7.97. The molecule has 0 saturated carbocycles. The molecule has 3 aromatic rings. The molecule has 0 saturated heterocycles. The van der Waals surface area contributed by atoms with Crippen LogP contribution in [-0.4, -0.2) is 19.9 Å². The number of hydrogen-bond donors (Lipinski definition) is 0. The zero-order chi connectivity index (χ0) is 25.7. The minimum Gasteiger partial charge on any atom is -0.405 e. The molecule has 3 aromatic carbocycles. The highest BCUT2D eigenvalue weighted by Gasteiger charge is 2.60. The largest absolute Gasteiger partial charge is 0.405 e. The van der Waals surface area contributed by atoms with Crippen molar-refractivity contribution < 1.29 is 9.22 Å². The van der Waals surface area contributed by atoms with E-state index in [0.717, 1.165) is 16.7 Å². The van der Waals surface area contributed by atoms with Crippen LogP contribution < -0.4 is 0 Å². The van der Waals surface area contributed by atoms with Crippen LogP contribution in [0.3, 0.4) is 0 Å². The lowest BCUT2D eigenvalue weighted by Gasteiger charge is -2.53. The summed E-state index contributed by atoms with van der Waals surface area (Å²) >= 11 is 0. The lowest BCUT2D eigenvalue weighted by molar-refractivity contribution is -0.118. The quantitative estimate of drug-likeness (QED) is 0.229. The van der Waals surface area contributed by atoms with E-state index < -0.39 is 19.3 Å². The predicted molar refractivity (Wildman–Crippen MR) is 150 cm³/mol. The Hall–Kier alpha value is -2.83. The van der Waals surface area contributed by atoms with Crippen LogP contribution in [0, 0.1) is 11.3 Å². The zero-order valence-corrected chi connectivity index (χ0v) is 23.2. The van der Waals surface area contributed by atoms with Crippen LogP contribution >= 0.6 is 8.86 Å². The highest BCUT2D eigenvalue weighted by atomic mass is 31.0. The van der Waals surface area contributed by atoms with Gasteiger partial charge in [-0.05, 0) is 34.8 Å². The molecule has 0 fully saturated rings. The smallest absolute Gasteiger partial charge is 0.193 e. The normalized spacial score (nSPS) is 13.9. The third-order valence-electron chi connectivity index (χ3n) is 7.25. The van der Waals surface area contributed by atoms with Gasteiger partial charge in [-0.2, -0.15) is 5.26 Å². The molecule has 0 amide bonds. The average molecular weight is 500 g/mol. The molecule has 3 rings (SSSR count). The van der Waals surface area contributed by atoms with Gasteiger partial charge in [0, 0.05) is 12.2 Å². The Labute approximate surface area is 213 Å². The number of hydrogen-bond acceptors (Lipinski definition) is 3. The fourth-order valence-electron chi connectivity index (χ4n) is 4.44. The monoisotopic (exact) mass is 499 g/mol. The standard InChI is InChI=1S/C30H34NO2PSi/c1-28(2,3)35(4,5)33-30(21-27(32)22-34,26-19-13-8-14-20-26)29(23-31,24-15-9-6-10-16-24)25-17-11-7-12-18-25/h6-20,22,34H,21H2,1-5H3/t30-/m0/s1. The fourth-order valence-corrected chi connectivity index (χ4v) is 6.07. The Morgan fingerprint density at radius 3 is 1.60 bits per heavy atom. The highest BCUT2D eigenvalue weighted by molar-refractivity contribution is 7.22. The van der Waals surface area contributed by atoms with E-state index in [1.807, 2.05) is 91.0 Å². The number of carbonyl (C=O) groups excluding carboxylic acids is 1. The van der Waals surface area contributed by atoms with Crippen molar-refractivity contribution in [2.75, 3.05) is 0 Å². The maximum atomic E-state index is 13.3. The molecule has 1 atom stereocenters. The van der Waals surface area contributed by atoms with Crippen LogP contribution in [0.2, 0.25) is 18.1 Å². The summed E-state index contributed by atoms with van der Waals surface area (Å²) in [6.07, 6.45) is 0.00434. The van der Waals surface area contributed by atoms with E-state index in [9.17, 15) is 10.1 Å². The lowest BCUT2D eigenvalue weighted by Crippen LogP contribution is -2.59. The molecule has 0 unspecified atom stereocenters. The first-order valence-electron chi connectivity index (χ1n) is 11.9. The maximum absolute atomic E-state index is 13.3. The number of rotatable bonds is 9. The summed E-state index contributed by atoms with van der Waals surface area (Å²) < 4.78 is 7.37. The molecule has 0 aliphatic heterocycles. The highest BCUT2D eigenvalue weighted by Crippen LogP contribution is 2.55. The van der Waals surface area contributed by atoms with Gasteiger partial charge in [0.1, 0.15) is 11.0 Å². The summed E-state index contributed by atoms with van der Waals surface area (Å²) in [7, 11) is 0.787. The lowest BCUT2D eigenvalue weighted by atomic mass is 9.60. The molecule has 0 N–H and O–H groups in total. The number of ketones is 1. The van der Waals surface area contributed by atoms with Crippen molar-refractivity contribution in [3.05, 3.63) is 108 Å². The minimum absolute atomic E-state index is 0.00434. The predicted octanol–water partition coefficient (Wildman–Crippen LogP) is 7.32. The van der Waals surface area contributed by atoms with Crippen LogP contribution in [0.4, 0.5) is 0 Å². The van der Waals surface area contributed by atoms with E-state index in [-0.39, 0.29) is 17.2 Å². The Balaban J connectivity index is 2.56. The molecule has 35 heavy (non-hydrogen) atoms. The molecule has 0 aromatic heterocycles. The van der Waals surface area contributed by atoms with Crippen LogP contribution in [0.15, 0.2) is 91.0 Å². The van der Waals surface area contributed by atoms with Gasteiger partial charge in [0.05, 0.1) is 6.07 Å². The Morgan fingerprint density at radius 1 is 0.857 bits per heavy atom. The van der Waals surface area contributed by atoms with Gasteiger partial charge in [-0.15, -0.1) is 8.86 Å². The van der Waals surface area contributed by atoms with E-state index in [2.05, 4.69) is 48.8 Å². The molecule has 0 spiro atoms.